The van der Waals surface area contributed by atoms with Crippen molar-refractivity contribution in [1.29, 1.82) is 0 Å². The van der Waals surface area contributed by atoms with Crippen LogP contribution in [0.15, 0.2) is 60.9 Å². The Morgan fingerprint density at radius 1 is 1.06 bits per heavy atom. The Morgan fingerprint density at radius 2 is 1.86 bits per heavy atom. The number of carbonyl (C=O) groups is 1. The lowest BCUT2D eigenvalue weighted by molar-refractivity contribution is -0.132. The summed E-state index contributed by atoms with van der Waals surface area (Å²) in [5, 5.41) is 11.5. The van der Waals surface area contributed by atoms with Gasteiger partial charge in [-0.15, -0.1) is 0 Å². The van der Waals surface area contributed by atoms with Crippen LogP contribution in [0.1, 0.15) is 23.9 Å². The third-order valence-corrected chi connectivity index (χ3v) is 6.49. The van der Waals surface area contributed by atoms with Crippen molar-refractivity contribution in [1.82, 2.24) is 19.4 Å². The molecule has 8 nitrogen and oxygen atoms in total. The first-order valence-corrected chi connectivity index (χ1v) is 12.4. The van der Waals surface area contributed by atoms with Crippen LogP contribution < -0.4 is 9.47 Å². The van der Waals surface area contributed by atoms with Crippen molar-refractivity contribution in [2.45, 2.75) is 39.5 Å². The average Bonchev–Trinajstić information content (AvgIpc) is 3.17. The van der Waals surface area contributed by atoms with Crippen LogP contribution >= 0.6 is 0 Å². The summed E-state index contributed by atoms with van der Waals surface area (Å²) in [6, 6.07) is 15.8. The molecule has 2 heterocycles. The zero-order valence-corrected chi connectivity index (χ0v) is 21.4. The fourth-order valence-electron chi connectivity index (χ4n) is 4.48. The van der Waals surface area contributed by atoms with Crippen molar-refractivity contribution >= 4 is 5.91 Å². The Labute approximate surface area is 213 Å². The number of aliphatic hydroxyl groups is 1. The fourth-order valence-corrected chi connectivity index (χ4v) is 4.48. The topological polar surface area (TPSA) is 80.1 Å². The van der Waals surface area contributed by atoms with Gasteiger partial charge in [-0.2, -0.15) is 0 Å². The average molecular weight is 493 g/mol. The number of rotatable bonds is 9. The minimum absolute atomic E-state index is 0.0471. The summed E-state index contributed by atoms with van der Waals surface area (Å²) in [6.45, 7) is 9.42. The summed E-state index contributed by atoms with van der Waals surface area (Å²) in [6.07, 6.45) is 3.74. The lowest BCUT2D eigenvalue weighted by Crippen LogP contribution is -2.51. The first kappa shape index (κ1) is 25.7. The number of hydrogen-bond donors (Lipinski definition) is 1. The maximum atomic E-state index is 12.2. The van der Waals surface area contributed by atoms with E-state index in [4.69, 9.17) is 9.47 Å². The predicted molar refractivity (Wildman–Crippen MR) is 138 cm³/mol. The van der Waals surface area contributed by atoms with Crippen LogP contribution in [0.25, 0.3) is 0 Å². The Bertz CT molecular complexity index is 1150. The Morgan fingerprint density at radius 3 is 2.58 bits per heavy atom. The number of hydrogen-bond acceptors (Lipinski definition) is 6. The van der Waals surface area contributed by atoms with Crippen LogP contribution in [0, 0.1) is 13.8 Å². The number of ether oxygens (including phenoxy) is 2. The number of aromatic nitrogens is 2. The summed E-state index contributed by atoms with van der Waals surface area (Å²) in [5.74, 6) is 2.43. The summed E-state index contributed by atoms with van der Waals surface area (Å²) >= 11 is 0. The lowest BCUT2D eigenvalue weighted by Gasteiger charge is -2.32. The van der Waals surface area contributed by atoms with Crippen LogP contribution in [-0.4, -0.2) is 75.4 Å². The SMILES string of the molecule is CC(=O)N1CCN(Cc2cccc(OCCn3ccnc3C)c2)C[C@@](O)(COc2ccc(C)cc2)C1. The standard InChI is InChI=1S/C28H36N4O4/c1-22-7-9-26(10-8-22)36-21-28(34)19-30(13-14-32(20-28)24(3)33)18-25-5-4-6-27(17-25)35-16-15-31-12-11-29-23(31)2/h4-12,17,34H,13-16,18-21H2,1-3H3/t28-/m0/s1. The highest BCUT2D eigenvalue weighted by molar-refractivity contribution is 5.73. The van der Waals surface area contributed by atoms with E-state index in [1.165, 1.54) is 0 Å². The van der Waals surface area contributed by atoms with Crippen molar-refractivity contribution in [3.8, 4) is 11.5 Å². The van der Waals surface area contributed by atoms with Gasteiger partial charge in [-0.25, -0.2) is 4.98 Å². The zero-order chi connectivity index (χ0) is 25.5. The van der Waals surface area contributed by atoms with Crippen LogP contribution in [0.2, 0.25) is 0 Å². The van der Waals surface area contributed by atoms with Gasteiger partial charge in [0.05, 0.1) is 13.1 Å². The quantitative estimate of drug-likeness (QED) is 0.495. The van der Waals surface area contributed by atoms with Gasteiger partial charge in [-0.05, 0) is 43.7 Å². The van der Waals surface area contributed by atoms with Crippen molar-refractivity contribution < 1.29 is 19.4 Å². The maximum Gasteiger partial charge on any atom is 0.219 e. The highest BCUT2D eigenvalue weighted by atomic mass is 16.5. The minimum Gasteiger partial charge on any atom is -0.492 e. The first-order chi connectivity index (χ1) is 17.3. The largest absolute Gasteiger partial charge is 0.492 e. The molecule has 1 amide bonds. The van der Waals surface area contributed by atoms with Crippen molar-refractivity contribution in [2.75, 3.05) is 39.4 Å². The van der Waals surface area contributed by atoms with Gasteiger partial charge in [0.25, 0.3) is 0 Å². The van der Waals surface area contributed by atoms with E-state index < -0.39 is 5.60 Å². The van der Waals surface area contributed by atoms with E-state index in [2.05, 4.69) is 20.5 Å². The van der Waals surface area contributed by atoms with Crippen LogP contribution in [0.4, 0.5) is 0 Å². The van der Waals surface area contributed by atoms with Gasteiger partial charge in [-0.3, -0.25) is 9.69 Å². The van der Waals surface area contributed by atoms with E-state index >= 15 is 0 Å². The van der Waals surface area contributed by atoms with Crippen LogP contribution in [-0.2, 0) is 17.9 Å². The molecule has 0 bridgehead atoms. The van der Waals surface area contributed by atoms with Gasteiger partial charge in [0.15, 0.2) is 0 Å². The van der Waals surface area contributed by atoms with Crippen LogP contribution in [0.5, 0.6) is 11.5 Å². The number of imidazole rings is 1. The second-order valence-electron chi connectivity index (χ2n) is 9.64. The molecule has 0 spiro atoms. The number of aryl methyl sites for hydroxylation is 2. The highest BCUT2D eigenvalue weighted by Crippen LogP contribution is 2.21. The number of amides is 1. The molecule has 1 aliphatic heterocycles. The molecular formula is C28H36N4O4. The van der Waals surface area contributed by atoms with E-state index in [1.54, 1.807) is 18.0 Å². The molecule has 1 fully saturated rings. The normalized spacial score (nSPS) is 18.6. The highest BCUT2D eigenvalue weighted by Gasteiger charge is 2.36. The Hall–Kier alpha value is -3.36. The molecule has 0 unspecified atom stereocenters. The fraction of sp³-hybridized carbons (Fsp3) is 0.429. The van der Waals surface area contributed by atoms with E-state index in [9.17, 15) is 9.90 Å². The Balaban J connectivity index is 1.39. The lowest BCUT2D eigenvalue weighted by atomic mass is 10.0. The molecule has 1 atom stereocenters. The summed E-state index contributed by atoms with van der Waals surface area (Å²) in [5.41, 5.74) is 1.04. The van der Waals surface area contributed by atoms with E-state index in [-0.39, 0.29) is 19.1 Å². The van der Waals surface area contributed by atoms with Crippen molar-refractivity contribution in [2.24, 2.45) is 0 Å². The summed E-state index contributed by atoms with van der Waals surface area (Å²) < 4.78 is 14.0. The van der Waals surface area contributed by atoms with Gasteiger partial charge >= 0.3 is 0 Å². The van der Waals surface area contributed by atoms with Crippen molar-refractivity contribution in [3.63, 3.8) is 0 Å². The number of carbonyl (C=O) groups excluding carboxylic acids is 1. The number of benzene rings is 2. The predicted octanol–water partition coefficient (Wildman–Crippen LogP) is 3.05. The van der Waals surface area contributed by atoms with Gasteiger partial charge in [0, 0.05) is 45.5 Å². The molecule has 36 heavy (non-hydrogen) atoms. The van der Waals surface area contributed by atoms with Crippen LogP contribution in [0.3, 0.4) is 0 Å². The zero-order valence-electron chi connectivity index (χ0n) is 21.4. The smallest absolute Gasteiger partial charge is 0.219 e. The third-order valence-electron chi connectivity index (χ3n) is 6.49. The summed E-state index contributed by atoms with van der Waals surface area (Å²) in [7, 11) is 0. The first-order valence-electron chi connectivity index (χ1n) is 12.4. The second-order valence-corrected chi connectivity index (χ2v) is 9.64. The molecule has 1 saturated heterocycles. The molecule has 0 aliphatic carbocycles. The third kappa shape index (κ3) is 7.08. The van der Waals surface area contributed by atoms with E-state index in [0.29, 0.717) is 38.5 Å². The summed E-state index contributed by atoms with van der Waals surface area (Å²) in [4.78, 5) is 20.3. The molecule has 4 rings (SSSR count). The maximum absolute atomic E-state index is 12.2. The van der Waals surface area contributed by atoms with Gasteiger partial charge in [0.1, 0.15) is 36.1 Å². The monoisotopic (exact) mass is 492 g/mol. The molecule has 1 aliphatic rings. The molecule has 0 radical (unpaired) electrons. The van der Waals surface area contributed by atoms with Gasteiger partial charge < -0.3 is 24.0 Å². The number of β-amino-alcohol motifs (C(OH)–C–C–N with tert-alkyl or cyclic N) is 1. The molecule has 8 heteroatoms. The van der Waals surface area contributed by atoms with E-state index in [0.717, 1.165) is 29.2 Å². The molecule has 3 aromatic rings. The van der Waals surface area contributed by atoms with E-state index in [1.807, 2.05) is 62.5 Å². The minimum atomic E-state index is -1.19. The van der Waals surface area contributed by atoms with Gasteiger partial charge in [-0.1, -0.05) is 29.8 Å². The molecule has 0 saturated carbocycles. The second kappa shape index (κ2) is 11.6. The number of nitrogens with zero attached hydrogens (tertiary/aromatic N) is 4. The molecule has 1 N–H and O–H groups in total. The Kier molecular flexibility index (Phi) is 8.28. The molecule has 2 aromatic carbocycles. The molecular weight excluding hydrogens is 456 g/mol. The molecule has 1 aromatic heterocycles. The van der Waals surface area contributed by atoms with Crippen molar-refractivity contribution in [3.05, 3.63) is 77.9 Å². The molecule has 192 valence electrons. The van der Waals surface area contributed by atoms with Gasteiger partial charge in [0.2, 0.25) is 5.91 Å².